The minimum absolute atomic E-state index is 1.27. The number of benzene rings is 5. The maximum absolute atomic E-state index is 2.38. The van der Waals surface area contributed by atoms with Gasteiger partial charge in [-0.2, -0.15) is 21.9 Å². The first kappa shape index (κ1) is 17.5. The molecule has 0 radical (unpaired) electrons. The smallest absolute Gasteiger partial charge is 0.108 e. The van der Waals surface area contributed by atoms with Crippen LogP contribution in [0.4, 0.5) is 0 Å². The van der Waals surface area contributed by atoms with E-state index in [1.165, 1.54) is 32.6 Å². The van der Waals surface area contributed by atoms with Crippen molar-refractivity contribution in [3.05, 3.63) is 133 Å². The molecular formula is C28H22B-. The Bertz CT molecular complexity index is 1130. The molecule has 0 aliphatic heterocycles. The Balaban J connectivity index is 1.92. The van der Waals surface area contributed by atoms with Crippen molar-refractivity contribution in [2.24, 2.45) is 0 Å². The lowest BCUT2D eigenvalue weighted by molar-refractivity contribution is 1.67. The highest BCUT2D eigenvalue weighted by atomic mass is 14.1. The van der Waals surface area contributed by atoms with Crippen LogP contribution in [0.15, 0.2) is 133 Å². The van der Waals surface area contributed by atoms with Gasteiger partial charge in [0, 0.05) is 0 Å². The van der Waals surface area contributed by atoms with Gasteiger partial charge in [0.1, 0.15) is 6.15 Å². The SMILES string of the molecule is c1ccc([B-](c2ccccc2)(c2ccccc2)c2ccc3ccccc3c2)cc1. The molecule has 5 aromatic carbocycles. The van der Waals surface area contributed by atoms with E-state index in [0.717, 1.165) is 0 Å². The van der Waals surface area contributed by atoms with E-state index in [1.807, 2.05) is 0 Å². The fourth-order valence-corrected chi connectivity index (χ4v) is 4.86. The normalized spacial score (nSPS) is 11.4. The standard InChI is InChI=1S/C28H22B/c1-4-14-25(15-5-1)29(26-16-6-2-7-17-26,27-18-8-3-9-19-27)28-21-20-23-12-10-11-13-24(23)22-28/h1-22H/q-1. The summed E-state index contributed by atoms with van der Waals surface area (Å²) in [6, 6.07) is 48.4. The van der Waals surface area contributed by atoms with Crippen molar-refractivity contribution in [3.63, 3.8) is 0 Å². The monoisotopic (exact) mass is 369 g/mol. The van der Waals surface area contributed by atoms with Crippen LogP contribution in [0.2, 0.25) is 0 Å². The van der Waals surface area contributed by atoms with Crippen LogP contribution in [0.5, 0.6) is 0 Å². The van der Waals surface area contributed by atoms with E-state index in [9.17, 15) is 0 Å². The molecule has 0 aliphatic rings. The molecule has 0 unspecified atom stereocenters. The van der Waals surface area contributed by atoms with Crippen molar-refractivity contribution >= 4 is 38.8 Å². The highest BCUT2D eigenvalue weighted by Crippen LogP contribution is 2.15. The number of hydrogen-bond acceptors (Lipinski definition) is 0. The number of hydrogen-bond donors (Lipinski definition) is 0. The fraction of sp³-hybridized carbons (Fsp3) is 0. The second-order valence-corrected chi connectivity index (χ2v) is 7.70. The van der Waals surface area contributed by atoms with E-state index >= 15 is 0 Å². The van der Waals surface area contributed by atoms with Gasteiger partial charge in [0.2, 0.25) is 0 Å². The van der Waals surface area contributed by atoms with Crippen molar-refractivity contribution in [2.75, 3.05) is 0 Å². The molecular weight excluding hydrogens is 347 g/mol. The summed E-state index contributed by atoms with van der Waals surface area (Å²) in [4.78, 5) is 0. The first-order chi connectivity index (χ1) is 14.4. The molecule has 0 heterocycles. The molecule has 0 aromatic heterocycles. The van der Waals surface area contributed by atoms with Crippen molar-refractivity contribution in [3.8, 4) is 0 Å². The van der Waals surface area contributed by atoms with Crippen molar-refractivity contribution in [1.29, 1.82) is 0 Å². The predicted molar refractivity (Wildman–Crippen MR) is 128 cm³/mol. The van der Waals surface area contributed by atoms with E-state index in [2.05, 4.69) is 133 Å². The summed E-state index contributed by atoms with van der Waals surface area (Å²) in [5.41, 5.74) is 5.34. The van der Waals surface area contributed by atoms with Crippen molar-refractivity contribution in [2.45, 2.75) is 0 Å². The minimum atomic E-state index is -1.30. The van der Waals surface area contributed by atoms with Gasteiger partial charge in [-0.1, -0.05) is 133 Å². The lowest BCUT2D eigenvalue weighted by Gasteiger charge is -2.44. The molecule has 0 N–H and O–H groups in total. The molecule has 1 heteroatoms. The third kappa shape index (κ3) is 2.96. The molecule has 29 heavy (non-hydrogen) atoms. The average molecular weight is 369 g/mol. The second-order valence-electron chi connectivity index (χ2n) is 7.70. The minimum Gasteiger partial charge on any atom is -0.195 e. The van der Waals surface area contributed by atoms with Crippen LogP contribution in [0, 0.1) is 0 Å². The zero-order valence-corrected chi connectivity index (χ0v) is 16.3. The van der Waals surface area contributed by atoms with Gasteiger partial charge in [-0.25, -0.2) is 0 Å². The molecule has 0 aliphatic carbocycles. The van der Waals surface area contributed by atoms with E-state index in [4.69, 9.17) is 0 Å². The Kier molecular flexibility index (Phi) is 4.50. The predicted octanol–water partition coefficient (Wildman–Crippen LogP) is 4.22. The van der Waals surface area contributed by atoms with Gasteiger partial charge in [-0.15, -0.1) is 0 Å². The van der Waals surface area contributed by atoms with Gasteiger partial charge >= 0.3 is 0 Å². The Labute approximate surface area is 172 Å². The van der Waals surface area contributed by atoms with Crippen LogP contribution in [0.3, 0.4) is 0 Å². The lowest BCUT2D eigenvalue weighted by atomic mass is 9.13. The van der Waals surface area contributed by atoms with Crippen molar-refractivity contribution < 1.29 is 0 Å². The first-order valence-corrected chi connectivity index (χ1v) is 10.2. The van der Waals surface area contributed by atoms with Gasteiger partial charge in [-0.3, -0.25) is 0 Å². The van der Waals surface area contributed by atoms with Gasteiger partial charge in [0.15, 0.2) is 0 Å². The molecule has 5 rings (SSSR count). The third-order valence-electron chi connectivity index (χ3n) is 6.17. The summed E-state index contributed by atoms with van der Waals surface area (Å²) in [7, 11) is 0. The fourth-order valence-electron chi connectivity index (χ4n) is 4.86. The average Bonchev–Trinajstić information content (AvgIpc) is 2.82. The molecule has 0 nitrogen and oxygen atoms in total. The molecule has 0 saturated heterocycles. The molecule has 0 bridgehead atoms. The Morgan fingerprint density at radius 3 is 1.21 bits per heavy atom. The summed E-state index contributed by atoms with van der Waals surface area (Å²) in [5, 5.41) is 2.55. The maximum atomic E-state index is 2.38. The van der Waals surface area contributed by atoms with Crippen LogP contribution in [0.1, 0.15) is 0 Å². The highest BCUT2D eigenvalue weighted by Gasteiger charge is 2.31. The second kappa shape index (κ2) is 7.45. The molecule has 0 fully saturated rings. The summed E-state index contributed by atoms with van der Waals surface area (Å²) in [5.74, 6) is 0. The topological polar surface area (TPSA) is 0 Å². The molecule has 0 spiro atoms. The van der Waals surface area contributed by atoms with Crippen molar-refractivity contribution in [1.82, 2.24) is 0 Å². The summed E-state index contributed by atoms with van der Waals surface area (Å²) < 4.78 is 0. The molecule has 0 amide bonds. The number of rotatable bonds is 4. The largest absolute Gasteiger partial charge is 0.195 e. The van der Waals surface area contributed by atoms with Crippen LogP contribution in [-0.2, 0) is 0 Å². The lowest BCUT2D eigenvalue weighted by Crippen LogP contribution is -2.74. The van der Waals surface area contributed by atoms with Crippen LogP contribution >= 0.6 is 0 Å². The highest BCUT2D eigenvalue weighted by molar-refractivity contribution is 7.19. The molecule has 138 valence electrons. The van der Waals surface area contributed by atoms with Crippen LogP contribution in [-0.4, -0.2) is 6.15 Å². The van der Waals surface area contributed by atoms with Gasteiger partial charge in [-0.05, 0) is 10.8 Å². The van der Waals surface area contributed by atoms with Gasteiger partial charge < -0.3 is 0 Å². The number of fused-ring (bicyclic) bond motifs is 1. The van der Waals surface area contributed by atoms with E-state index in [0.29, 0.717) is 0 Å². The third-order valence-corrected chi connectivity index (χ3v) is 6.17. The van der Waals surface area contributed by atoms with Crippen LogP contribution in [0.25, 0.3) is 10.8 Å². The van der Waals surface area contributed by atoms with Gasteiger partial charge in [0.25, 0.3) is 0 Å². The quantitative estimate of drug-likeness (QED) is 0.416. The van der Waals surface area contributed by atoms with E-state index in [-0.39, 0.29) is 0 Å². The molecule has 0 atom stereocenters. The maximum Gasteiger partial charge on any atom is 0.108 e. The zero-order chi connectivity index (χ0) is 19.5. The molecule has 0 saturated carbocycles. The Morgan fingerprint density at radius 1 is 0.310 bits per heavy atom. The Hall–Kier alpha value is -3.58. The first-order valence-electron chi connectivity index (χ1n) is 10.2. The molecule has 5 aromatic rings. The summed E-state index contributed by atoms with van der Waals surface area (Å²) >= 11 is 0. The van der Waals surface area contributed by atoms with Gasteiger partial charge in [0.05, 0.1) is 0 Å². The van der Waals surface area contributed by atoms with E-state index in [1.54, 1.807) is 0 Å². The summed E-state index contributed by atoms with van der Waals surface area (Å²) in [6.07, 6.45) is -1.30. The van der Waals surface area contributed by atoms with E-state index < -0.39 is 6.15 Å². The summed E-state index contributed by atoms with van der Waals surface area (Å²) in [6.45, 7) is 0. The zero-order valence-electron chi connectivity index (χ0n) is 16.3. The Morgan fingerprint density at radius 2 is 0.724 bits per heavy atom. The van der Waals surface area contributed by atoms with Crippen LogP contribution < -0.4 is 21.9 Å².